The molecule has 21 heavy (non-hydrogen) atoms. The van der Waals surface area contributed by atoms with Crippen molar-refractivity contribution in [2.75, 3.05) is 11.9 Å². The Hall–Kier alpha value is -2.30. The van der Waals surface area contributed by atoms with Gasteiger partial charge in [-0.2, -0.15) is 0 Å². The van der Waals surface area contributed by atoms with E-state index in [0.717, 1.165) is 0 Å². The summed E-state index contributed by atoms with van der Waals surface area (Å²) in [6.07, 6.45) is 2.36. The Bertz CT molecular complexity index is 529. The number of rotatable bonds is 4. The number of nitrogens with one attached hydrogen (secondary N) is 1. The standard InChI is InChI=1S/C16H21NO4/c1-5-20-14(18)11-10-12-8-6-7-9-13(12)17-15(19)21-16(2,3)4/h6-11H,5H2,1-4H3,(H,17,19)/b11-10+. The summed E-state index contributed by atoms with van der Waals surface area (Å²) in [6, 6.07) is 7.11. The first kappa shape index (κ1) is 16.8. The molecule has 1 amide bonds. The summed E-state index contributed by atoms with van der Waals surface area (Å²) in [6.45, 7) is 7.43. The van der Waals surface area contributed by atoms with Crippen molar-refractivity contribution >= 4 is 23.8 Å². The lowest BCUT2D eigenvalue weighted by molar-refractivity contribution is -0.137. The highest BCUT2D eigenvalue weighted by Crippen LogP contribution is 2.18. The van der Waals surface area contributed by atoms with Crippen molar-refractivity contribution in [3.05, 3.63) is 35.9 Å². The predicted octanol–water partition coefficient (Wildman–Crippen LogP) is 3.61. The molecule has 0 aliphatic carbocycles. The first-order chi connectivity index (χ1) is 9.81. The number of carbonyl (C=O) groups is 2. The minimum absolute atomic E-state index is 0.320. The molecule has 0 saturated heterocycles. The zero-order valence-corrected chi connectivity index (χ0v) is 12.8. The molecule has 0 saturated carbocycles. The summed E-state index contributed by atoms with van der Waals surface area (Å²) in [7, 11) is 0. The normalized spacial score (nSPS) is 11.2. The van der Waals surface area contributed by atoms with Crippen LogP contribution in [-0.2, 0) is 14.3 Å². The first-order valence-corrected chi connectivity index (χ1v) is 6.75. The van der Waals surface area contributed by atoms with E-state index in [4.69, 9.17) is 9.47 Å². The number of para-hydroxylation sites is 1. The molecule has 5 nitrogen and oxygen atoms in total. The Morgan fingerprint density at radius 3 is 2.52 bits per heavy atom. The van der Waals surface area contributed by atoms with Crippen LogP contribution in [0.1, 0.15) is 33.3 Å². The quantitative estimate of drug-likeness (QED) is 0.680. The highest BCUT2D eigenvalue weighted by Gasteiger charge is 2.16. The smallest absolute Gasteiger partial charge is 0.412 e. The van der Waals surface area contributed by atoms with Gasteiger partial charge in [-0.3, -0.25) is 5.32 Å². The minimum Gasteiger partial charge on any atom is -0.463 e. The Morgan fingerprint density at radius 2 is 1.90 bits per heavy atom. The molecule has 0 aliphatic heterocycles. The molecule has 1 aromatic rings. The van der Waals surface area contributed by atoms with Gasteiger partial charge in [0.25, 0.3) is 0 Å². The molecule has 0 spiro atoms. The second-order valence-electron chi connectivity index (χ2n) is 5.30. The molecule has 0 unspecified atom stereocenters. The summed E-state index contributed by atoms with van der Waals surface area (Å²) in [5.74, 6) is -0.426. The molecular weight excluding hydrogens is 270 g/mol. The number of anilines is 1. The van der Waals surface area contributed by atoms with Gasteiger partial charge in [-0.25, -0.2) is 9.59 Å². The van der Waals surface area contributed by atoms with E-state index in [1.165, 1.54) is 6.08 Å². The number of hydrogen-bond acceptors (Lipinski definition) is 4. The van der Waals surface area contributed by atoms with Gasteiger partial charge in [-0.1, -0.05) is 18.2 Å². The summed E-state index contributed by atoms with van der Waals surface area (Å²) in [5.41, 5.74) is 0.684. The van der Waals surface area contributed by atoms with Crippen LogP contribution in [0.4, 0.5) is 10.5 Å². The van der Waals surface area contributed by atoms with Crippen molar-refractivity contribution in [2.45, 2.75) is 33.3 Å². The molecule has 5 heteroatoms. The van der Waals surface area contributed by atoms with Crippen LogP contribution in [-0.4, -0.2) is 24.3 Å². The van der Waals surface area contributed by atoms with E-state index in [2.05, 4.69) is 5.32 Å². The van der Waals surface area contributed by atoms with Gasteiger partial charge in [0.2, 0.25) is 0 Å². The molecule has 1 aromatic carbocycles. The molecule has 0 heterocycles. The van der Waals surface area contributed by atoms with Crippen molar-refractivity contribution in [1.29, 1.82) is 0 Å². The lowest BCUT2D eigenvalue weighted by Crippen LogP contribution is -2.27. The number of esters is 1. The topological polar surface area (TPSA) is 64.6 Å². The second kappa shape index (κ2) is 7.47. The van der Waals surface area contributed by atoms with E-state index in [1.54, 1.807) is 52.0 Å². The van der Waals surface area contributed by atoms with Crippen LogP contribution < -0.4 is 5.32 Å². The third-order valence-corrected chi connectivity index (χ3v) is 2.28. The minimum atomic E-state index is -0.570. The van der Waals surface area contributed by atoms with Crippen molar-refractivity contribution in [3.8, 4) is 0 Å². The molecule has 114 valence electrons. The maximum absolute atomic E-state index is 11.8. The van der Waals surface area contributed by atoms with Crippen LogP contribution in [0.5, 0.6) is 0 Å². The summed E-state index contributed by atoms with van der Waals surface area (Å²) >= 11 is 0. The zero-order chi connectivity index (χ0) is 15.9. The third-order valence-electron chi connectivity index (χ3n) is 2.28. The molecule has 1 N–H and O–H groups in total. The Balaban J connectivity index is 2.80. The lowest BCUT2D eigenvalue weighted by atomic mass is 10.1. The van der Waals surface area contributed by atoms with Crippen LogP contribution >= 0.6 is 0 Å². The van der Waals surface area contributed by atoms with Gasteiger partial charge in [0.1, 0.15) is 5.60 Å². The van der Waals surface area contributed by atoms with Crippen LogP contribution in [0.15, 0.2) is 30.3 Å². The fourth-order valence-electron chi connectivity index (χ4n) is 1.52. The molecule has 0 radical (unpaired) electrons. The Morgan fingerprint density at radius 1 is 1.24 bits per heavy atom. The van der Waals surface area contributed by atoms with Crippen molar-refractivity contribution in [3.63, 3.8) is 0 Å². The van der Waals surface area contributed by atoms with E-state index in [0.29, 0.717) is 17.9 Å². The summed E-state index contributed by atoms with van der Waals surface area (Å²) in [4.78, 5) is 23.1. The maximum atomic E-state index is 11.8. The van der Waals surface area contributed by atoms with Crippen molar-refractivity contribution in [1.82, 2.24) is 0 Å². The Kier molecular flexibility index (Phi) is 5.96. The van der Waals surface area contributed by atoms with Gasteiger partial charge in [-0.05, 0) is 45.4 Å². The van der Waals surface area contributed by atoms with E-state index in [9.17, 15) is 9.59 Å². The Labute approximate surface area is 124 Å². The second-order valence-corrected chi connectivity index (χ2v) is 5.30. The van der Waals surface area contributed by atoms with Crippen molar-refractivity contribution < 1.29 is 19.1 Å². The molecule has 0 aliphatic rings. The van der Waals surface area contributed by atoms with Gasteiger partial charge in [0.15, 0.2) is 0 Å². The average molecular weight is 291 g/mol. The molecule has 1 rings (SSSR count). The van der Waals surface area contributed by atoms with E-state index in [-0.39, 0.29) is 0 Å². The van der Waals surface area contributed by atoms with Crippen LogP contribution in [0.3, 0.4) is 0 Å². The van der Waals surface area contributed by atoms with E-state index >= 15 is 0 Å². The number of carbonyl (C=O) groups excluding carboxylic acids is 2. The van der Waals surface area contributed by atoms with Crippen molar-refractivity contribution in [2.24, 2.45) is 0 Å². The largest absolute Gasteiger partial charge is 0.463 e. The number of hydrogen-bond donors (Lipinski definition) is 1. The summed E-state index contributed by atoms with van der Waals surface area (Å²) < 4.78 is 10.0. The van der Waals surface area contributed by atoms with Crippen LogP contribution in [0.2, 0.25) is 0 Å². The molecular formula is C16H21NO4. The van der Waals surface area contributed by atoms with E-state index < -0.39 is 17.7 Å². The fraction of sp³-hybridized carbons (Fsp3) is 0.375. The van der Waals surface area contributed by atoms with Gasteiger partial charge in [0, 0.05) is 6.08 Å². The predicted molar refractivity (Wildman–Crippen MR) is 82.0 cm³/mol. The zero-order valence-electron chi connectivity index (χ0n) is 12.8. The van der Waals surface area contributed by atoms with E-state index in [1.807, 2.05) is 6.07 Å². The SMILES string of the molecule is CCOC(=O)/C=C/c1ccccc1NC(=O)OC(C)(C)C. The number of benzene rings is 1. The number of amides is 1. The molecule has 0 bridgehead atoms. The molecule has 0 fully saturated rings. The highest BCUT2D eigenvalue weighted by atomic mass is 16.6. The summed E-state index contributed by atoms with van der Waals surface area (Å²) in [5, 5.41) is 2.66. The van der Waals surface area contributed by atoms with Crippen LogP contribution in [0.25, 0.3) is 6.08 Å². The van der Waals surface area contributed by atoms with Gasteiger partial charge in [-0.15, -0.1) is 0 Å². The monoisotopic (exact) mass is 291 g/mol. The maximum Gasteiger partial charge on any atom is 0.412 e. The van der Waals surface area contributed by atoms with Crippen LogP contribution in [0, 0.1) is 0 Å². The highest BCUT2D eigenvalue weighted by molar-refractivity contribution is 5.91. The third kappa shape index (κ3) is 6.61. The van der Waals surface area contributed by atoms with Gasteiger partial charge < -0.3 is 9.47 Å². The van der Waals surface area contributed by atoms with Gasteiger partial charge >= 0.3 is 12.1 Å². The first-order valence-electron chi connectivity index (χ1n) is 6.75. The fourth-order valence-corrected chi connectivity index (χ4v) is 1.52. The lowest BCUT2D eigenvalue weighted by Gasteiger charge is -2.20. The average Bonchev–Trinajstić information content (AvgIpc) is 2.35. The van der Waals surface area contributed by atoms with Gasteiger partial charge in [0.05, 0.1) is 12.3 Å². The molecule has 0 aromatic heterocycles. The molecule has 0 atom stereocenters. The number of ether oxygens (including phenoxy) is 2.